The van der Waals surface area contributed by atoms with E-state index in [4.69, 9.17) is 23.2 Å². The Balaban J connectivity index is 2.40. The Bertz CT molecular complexity index is 523. The molecule has 0 amide bonds. The smallest absolute Gasteiger partial charge is 0.0850 e. The van der Waals surface area contributed by atoms with Gasteiger partial charge in [0.1, 0.15) is 0 Å². The maximum atomic E-state index is 6.44. The minimum absolute atomic E-state index is 0.243. The van der Waals surface area contributed by atoms with E-state index < -0.39 is 0 Å². The van der Waals surface area contributed by atoms with Crippen LogP contribution < -0.4 is 0 Å². The number of rotatable bonds is 2. The van der Waals surface area contributed by atoms with Crippen LogP contribution in [0.3, 0.4) is 0 Å². The molecular weight excluding hydrogens is 387 g/mol. The zero-order valence-electron chi connectivity index (χ0n) is 8.63. The quantitative estimate of drug-likeness (QED) is 0.532. The summed E-state index contributed by atoms with van der Waals surface area (Å²) in [5, 5.41) is 0.420. The minimum atomic E-state index is -0.243. The first-order chi connectivity index (χ1) is 8.09. The molecule has 0 aromatic heterocycles. The molecule has 0 nitrogen and oxygen atoms in total. The fraction of sp³-hybridized carbons (Fsp3) is 0.0769. The lowest BCUT2D eigenvalue weighted by Crippen LogP contribution is -1.94. The molecule has 0 heterocycles. The van der Waals surface area contributed by atoms with Gasteiger partial charge in [-0.1, -0.05) is 51.8 Å². The van der Waals surface area contributed by atoms with Crippen LogP contribution in [0.5, 0.6) is 0 Å². The predicted molar refractivity (Wildman–Crippen MR) is 81.0 cm³/mol. The van der Waals surface area contributed by atoms with Gasteiger partial charge in [-0.2, -0.15) is 0 Å². The fourth-order valence-electron chi connectivity index (χ4n) is 1.53. The summed E-state index contributed by atoms with van der Waals surface area (Å²) in [5.74, 6) is 0. The van der Waals surface area contributed by atoms with Crippen molar-refractivity contribution in [3.05, 3.63) is 67.6 Å². The van der Waals surface area contributed by atoms with Crippen LogP contribution in [0.2, 0.25) is 5.02 Å². The van der Waals surface area contributed by atoms with Gasteiger partial charge >= 0.3 is 0 Å². The fourth-order valence-corrected chi connectivity index (χ4v) is 2.79. The van der Waals surface area contributed by atoms with E-state index in [1.807, 2.05) is 42.5 Å². The number of alkyl halides is 1. The Morgan fingerprint density at radius 2 is 1.59 bits per heavy atom. The van der Waals surface area contributed by atoms with Crippen LogP contribution in [0.1, 0.15) is 16.5 Å². The van der Waals surface area contributed by atoms with Crippen LogP contribution in [0, 0.1) is 0 Å². The molecule has 0 aliphatic heterocycles. The highest BCUT2D eigenvalue weighted by atomic mass is 79.9. The molecule has 1 unspecified atom stereocenters. The van der Waals surface area contributed by atoms with Crippen LogP contribution >= 0.6 is 55.1 Å². The average Bonchev–Trinajstić information content (AvgIpc) is 2.33. The van der Waals surface area contributed by atoms with Crippen molar-refractivity contribution in [3.63, 3.8) is 0 Å². The summed E-state index contributed by atoms with van der Waals surface area (Å²) in [5.41, 5.74) is 1.93. The summed E-state index contributed by atoms with van der Waals surface area (Å²) < 4.78 is 1.89. The highest BCUT2D eigenvalue weighted by molar-refractivity contribution is 9.10. The van der Waals surface area contributed by atoms with Gasteiger partial charge in [0.05, 0.1) is 10.4 Å². The summed E-state index contributed by atoms with van der Waals surface area (Å²) in [6.07, 6.45) is 0. The largest absolute Gasteiger partial charge is 0.113 e. The SMILES string of the molecule is Clc1c(Br)cccc1C(Cl)c1ccc(Br)cc1. The summed E-state index contributed by atoms with van der Waals surface area (Å²) in [4.78, 5) is 0. The van der Waals surface area contributed by atoms with Gasteiger partial charge < -0.3 is 0 Å². The molecular formula is C13H8Br2Cl2. The van der Waals surface area contributed by atoms with Crippen LogP contribution in [-0.2, 0) is 0 Å². The third-order valence-electron chi connectivity index (χ3n) is 2.42. The van der Waals surface area contributed by atoms with Gasteiger partial charge in [0.15, 0.2) is 0 Å². The molecule has 1 atom stereocenters. The van der Waals surface area contributed by atoms with E-state index in [2.05, 4.69) is 31.9 Å². The molecule has 0 aliphatic carbocycles. The second-order valence-electron chi connectivity index (χ2n) is 3.56. The lowest BCUT2D eigenvalue weighted by Gasteiger charge is -2.13. The monoisotopic (exact) mass is 392 g/mol. The summed E-state index contributed by atoms with van der Waals surface area (Å²) >= 11 is 19.5. The van der Waals surface area contributed by atoms with Gasteiger partial charge in [0.25, 0.3) is 0 Å². The van der Waals surface area contributed by atoms with Crippen LogP contribution in [0.4, 0.5) is 0 Å². The van der Waals surface area contributed by atoms with E-state index in [-0.39, 0.29) is 5.38 Å². The Morgan fingerprint density at radius 1 is 0.941 bits per heavy atom. The van der Waals surface area contributed by atoms with Crippen molar-refractivity contribution in [2.24, 2.45) is 0 Å². The highest BCUT2D eigenvalue weighted by Crippen LogP contribution is 2.37. The maximum absolute atomic E-state index is 6.44. The Hall–Kier alpha value is -0.0200. The zero-order chi connectivity index (χ0) is 12.4. The van der Waals surface area contributed by atoms with Crippen molar-refractivity contribution in [2.45, 2.75) is 5.38 Å². The molecule has 0 radical (unpaired) electrons. The Morgan fingerprint density at radius 3 is 2.24 bits per heavy atom. The van der Waals surface area contributed by atoms with Crippen molar-refractivity contribution in [1.82, 2.24) is 0 Å². The van der Waals surface area contributed by atoms with Gasteiger partial charge in [-0.15, -0.1) is 11.6 Å². The third-order valence-corrected chi connectivity index (χ3v) is 4.74. The number of hydrogen-bond acceptors (Lipinski definition) is 0. The number of benzene rings is 2. The molecule has 0 saturated carbocycles. The van der Waals surface area contributed by atoms with Crippen LogP contribution in [0.25, 0.3) is 0 Å². The van der Waals surface area contributed by atoms with E-state index in [9.17, 15) is 0 Å². The number of halogens is 4. The molecule has 2 rings (SSSR count). The van der Waals surface area contributed by atoms with Crippen LogP contribution in [-0.4, -0.2) is 0 Å². The van der Waals surface area contributed by atoms with Gasteiger partial charge in [-0.05, 0) is 45.3 Å². The molecule has 0 saturated heterocycles. The lowest BCUT2D eigenvalue weighted by molar-refractivity contribution is 1.14. The molecule has 2 aromatic carbocycles. The van der Waals surface area contributed by atoms with Crippen molar-refractivity contribution in [2.75, 3.05) is 0 Å². The predicted octanol–water partition coefficient (Wildman–Crippen LogP) is 6.19. The Kier molecular flexibility index (Phi) is 4.53. The summed E-state index contributed by atoms with van der Waals surface area (Å²) in [6, 6.07) is 13.7. The van der Waals surface area contributed by atoms with Gasteiger partial charge in [0.2, 0.25) is 0 Å². The second kappa shape index (κ2) is 5.75. The van der Waals surface area contributed by atoms with Gasteiger partial charge in [-0.25, -0.2) is 0 Å². The first kappa shape index (κ1) is 13.4. The number of hydrogen-bond donors (Lipinski definition) is 0. The van der Waals surface area contributed by atoms with Crippen molar-refractivity contribution >= 4 is 55.1 Å². The van der Waals surface area contributed by atoms with E-state index >= 15 is 0 Å². The van der Waals surface area contributed by atoms with E-state index in [1.165, 1.54) is 0 Å². The van der Waals surface area contributed by atoms with E-state index in [0.29, 0.717) is 5.02 Å². The topological polar surface area (TPSA) is 0 Å². The molecule has 0 fully saturated rings. The first-order valence-corrected chi connectivity index (χ1v) is 7.33. The second-order valence-corrected chi connectivity index (χ2v) is 6.14. The average molecular weight is 395 g/mol. The standard InChI is InChI=1S/C13H8Br2Cl2/c14-9-6-4-8(5-7-9)12(16)10-2-1-3-11(15)13(10)17/h1-7,12H. The summed E-state index contributed by atoms with van der Waals surface area (Å²) in [7, 11) is 0. The minimum Gasteiger partial charge on any atom is -0.113 e. The maximum Gasteiger partial charge on any atom is 0.0850 e. The summed E-state index contributed by atoms with van der Waals surface area (Å²) in [6.45, 7) is 0. The van der Waals surface area contributed by atoms with Gasteiger partial charge in [-0.3, -0.25) is 0 Å². The molecule has 0 N–H and O–H groups in total. The zero-order valence-corrected chi connectivity index (χ0v) is 13.3. The van der Waals surface area contributed by atoms with Crippen molar-refractivity contribution in [1.29, 1.82) is 0 Å². The van der Waals surface area contributed by atoms with Crippen molar-refractivity contribution in [3.8, 4) is 0 Å². The third kappa shape index (κ3) is 3.05. The first-order valence-electron chi connectivity index (χ1n) is 4.93. The highest BCUT2D eigenvalue weighted by Gasteiger charge is 2.15. The molecule has 0 bridgehead atoms. The lowest BCUT2D eigenvalue weighted by atomic mass is 10.0. The molecule has 4 heteroatoms. The molecule has 17 heavy (non-hydrogen) atoms. The molecule has 88 valence electrons. The van der Waals surface area contributed by atoms with E-state index in [0.717, 1.165) is 20.1 Å². The normalized spacial score (nSPS) is 12.5. The molecule has 0 aliphatic rings. The van der Waals surface area contributed by atoms with Crippen LogP contribution in [0.15, 0.2) is 51.4 Å². The Labute approximate surface area is 127 Å². The van der Waals surface area contributed by atoms with E-state index in [1.54, 1.807) is 0 Å². The molecule has 2 aromatic rings. The van der Waals surface area contributed by atoms with Gasteiger partial charge in [0, 0.05) is 8.95 Å². The van der Waals surface area contributed by atoms with Crippen molar-refractivity contribution < 1.29 is 0 Å². The molecule has 0 spiro atoms.